The zero-order valence-electron chi connectivity index (χ0n) is 16.3. The Hall–Kier alpha value is -2.66. The summed E-state index contributed by atoms with van der Waals surface area (Å²) in [7, 11) is 0. The van der Waals surface area contributed by atoms with Crippen molar-refractivity contribution in [3.8, 4) is 17.1 Å². The predicted octanol–water partition coefficient (Wildman–Crippen LogP) is 5.01. The van der Waals surface area contributed by atoms with Gasteiger partial charge in [-0.25, -0.2) is 0 Å². The van der Waals surface area contributed by atoms with Gasteiger partial charge in [0.25, 0.3) is 0 Å². The number of aromatic nitrogens is 2. The first-order chi connectivity index (χ1) is 13.0. The molecule has 1 N–H and O–H groups in total. The number of nitrogens with zero attached hydrogens (tertiary/aromatic N) is 2. The fraction of sp³-hybridized carbons (Fsp3) is 0.364. The summed E-state index contributed by atoms with van der Waals surface area (Å²) in [5.41, 5.74) is 2.13. The second kappa shape index (κ2) is 8.82. The van der Waals surface area contributed by atoms with Gasteiger partial charge in [-0.05, 0) is 37.5 Å². The Balaban J connectivity index is 1.67. The van der Waals surface area contributed by atoms with Crippen LogP contribution in [-0.4, -0.2) is 16.2 Å². The average molecular weight is 365 g/mol. The highest BCUT2D eigenvalue weighted by Gasteiger charge is 2.22. The Labute approximate surface area is 160 Å². The number of ether oxygens (including phenoxy) is 1. The van der Waals surface area contributed by atoms with Crippen LogP contribution >= 0.6 is 0 Å². The molecule has 142 valence electrons. The molecule has 1 heterocycles. The molecule has 5 heteroatoms. The van der Waals surface area contributed by atoms with Crippen LogP contribution in [0.5, 0.6) is 5.75 Å². The van der Waals surface area contributed by atoms with E-state index in [1.807, 2.05) is 56.3 Å². The molecule has 0 unspecified atom stereocenters. The summed E-state index contributed by atoms with van der Waals surface area (Å²) in [5, 5.41) is 7.68. The van der Waals surface area contributed by atoms with Crippen molar-refractivity contribution < 1.29 is 9.26 Å². The predicted molar refractivity (Wildman–Crippen MR) is 106 cm³/mol. The lowest BCUT2D eigenvalue weighted by Crippen LogP contribution is -2.25. The van der Waals surface area contributed by atoms with Crippen LogP contribution in [0, 0.1) is 5.92 Å². The van der Waals surface area contributed by atoms with Crippen LogP contribution in [0.4, 0.5) is 0 Å². The Morgan fingerprint density at radius 1 is 0.963 bits per heavy atom. The molecule has 0 fully saturated rings. The first-order valence-electron chi connectivity index (χ1n) is 9.41. The zero-order chi connectivity index (χ0) is 19.2. The van der Waals surface area contributed by atoms with Crippen molar-refractivity contribution in [2.24, 2.45) is 5.92 Å². The Kier molecular flexibility index (Phi) is 6.24. The van der Waals surface area contributed by atoms with Crippen LogP contribution in [0.1, 0.15) is 45.2 Å². The van der Waals surface area contributed by atoms with E-state index >= 15 is 0 Å². The molecular formula is C22H27N3O2. The van der Waals surface area contributed by atoms with Gasteiger partial charge in [-0.15, -0.1) is 0 Å². The number of hydrogen-bond acceptors (Lipinski definition) is 5. The molecule has 0 radical (unpaired) electrons. The third-order valence-corrected chi connectivity index (χ3v) is 4.23. The zero-order valence-corrected chi connectivity index (χ0v) is 16.3. The molecule has 0 saturated heterocycles. The maximum Gasteiger partial charge on any atom is 0.244 e. The fourth-order valence-electron chi connectivity index (χ4n) is 2.86. The van der Waals surface area contributed by atoms with Crippen molar-refractivity contribution in [1.29, 1.82) is 0 Å². The summed E-state index contributed by atoms with van der Waals surface area (Å²) in [6.45, 7) is 9.05. The van der Waals surface area contributed by atoms with E-state index in [9.17, 15) is 0 Å². The lowest BCUT2D eigenvalue weighted by molar-refractivity contribution is 0.242. The van der Waals surface area contributed by atoms with Gasteiger partial charge < -0.3 is 14.6 Å². The van der Waals surface area contributed by atoms with E-state index in [0.29, 0.717) is 24.2 Å². The highest BCUT2D eigenvalue weighted by molar-refractivity contribution is 5.53. The van der Waals surface area contributed by atoms with Crippen LogP contribution in [0.2, 0.25) is 0 Å². The van der Waals surface area contributed by atoms with Crippen LogP contribution < -0.4 is 10.1 Å². The van der Waals surface area contributed by atoms with E-state index in [-0.39, 0.29) is 12.1 Å². The second-order valence-corrected chi connectivity index (χ2v) is 7.24. The van der Waals surface area contributed by atoms with E-state index in [4.69, 9.17) is 9.26 Å². The Morgan fingerprint density at radius 2 is 1.67 bits per heavy atom. The SMILES string of the molecule is CC(C)Oc1ccc(CN[C@@H](c2nc(-c3ccccc3)no2)C(C)C)cc1. The molecule has 1 aromatic heterocycles. The highest BCUT2D eigenvalue weighted by Crippen LogP contribution is 2.24. The van der Waals surface area contributed by atoms with Crippen LogP contribution in [-0.2, 0) is 6.54 Å². The van der Waals surface area contributed by atoms with Gasteiger partial charge in [-0.1, -0.05) is 61.5 Å². The van der Waals surface area contributed by atoms with Gasteiger partial charge in [0.15, 0.2) is 0 Å². The van der Waals surface area contributed by atoms with Crippen LogP contribution in [0.25, 0.3) is 11.4 Å². The number of rotatable bonds is 8. The topological polar surface area (TPSA) is 60.2 Å². The van der Waals surface area contributed by atoms with E-state index in [1.54, 1.807) is 0 Å². The van der Waals surface area contributed by atoms with Gasteiger partial charge in [0, 0.05) is 12.1 Å². The molecule has 27 heavy (non-hydrogen) atoms. The van der Waals surface area contributed by atoms with Gasteiger partial charge >= 0.3 is 0 Å². The minimum atomic E-state index is -0.0125. The van der Waals surface area contributed by atoms with Crippen LogP contribution in [0.15, 0.2) is 59.1 Å². The quantitative estimate of drug-likeness (QED) is 0.608. The Bertz CT molecular complexity index is 826. The molecule has 0 bridgehead atoms. The number of nitrogens with one attached hydrogen (secondary N) is 1. The maximum absolute atomic E-state index is 5.69. The summed E-state index contributed by atoms with van der Waals surface area (Å²) in [4.78, 5) is 4.60. The van der Waals surface area contributed by atoms with Crippen molar-refractivity contribution in [3.63, 3.8) is 0 Å². The van der Waals surface area contributed by atoms with E-state index in [1.165, 1.54) is 5.56 Å². The second-order valence-electron chi connectivity index (χ2n) is 7.24. The van der Waals surface area contributed by atoms with Crippen molar-refractivity contribution in [3.05, 3.63) is 66.1 Å². The third kappa shape index (κ3) is 5.17. The van der Waals surface area contributed by atoms with Crippen molar-refractivity contribution >= 4 is 0 Å². The monoisotopic (exact) mass is 365 g/mol. The summed E-state index contributed by atoms with van der Waals surface area (Å²) < 4.78 is 11.2. The third-order valence-electron chi connectivity index (χ3n) is 4.23. The van der Waals surface area contributed by atoms with Crippen molar-refractivity contribution in [1.82, 2.24) is 15.5 Å². The number of hydrogen-bond donors (Lipinski definition) is 1. The molecule has 0 spiro atoms. The minimum absolute atomic E-state index is 0.0125. The fourth-order valence-corrected chi connectivity index (χ4v) is 2.86. The van der Waals surface area contributed by atoms with Crippen molar-refractivity contribution in [2.45, 2.75) is 46.4 Å². The molecule has 5 nitrogen and oxygen atoms in total. The molecule has 0 saturated carbocycles. The maximum atomic E-state index is 5.69. The molecular weight excluding hydrogens is 338 g/mol. The number of benzene rings is 2. The lowest BCUT2D eigenvalue weighted by Gasteiger charge is -2.18. The highest BCUT2D eigenvalue weighted by atomic mass is 16.5. The van der Waals surface area contributed by atoms with Gasteiger partial charge in [-0.3, -0.25) is 0 Å². The summed E-state index contributed by atoms with van der Waals surface area (Å²) in [5.74, 6) is 2.44. The van der Waals surface area contributed by atoms with Crippen molar-refractivity contribution in [2.75, 3.05) is 0 Å². The molecule has 3 aromatic rings. The summed E-state index contributed by atoms with van der Waals surface area (Å²) >= 11 is 0. The van der Waals surface area contributed by atoms with Gasteiger partial charge in [-0.2, -0.15) is 4.98 Å². The van der Waals surface area contributed by atoms with E-state index in [0.717, 1.165) is 11.3 Å². The summed E-state index contributed by atoms with van der Waals surface area (Å²) in [6.07, 6.45) is 0.177. The average Bonchev–Trinajstić information content (AvgIpc) is 3.13. The molecule has 1 atom stereocenters. The van der Waals surface area contributed by atoms with Gasteiger partial charge in [0.05, 0.1) is 12.1 Å². The minimum Gasteiger partial charge on any atom is -0.491 e. The summed E-state index contributed by atoms with van der Waals surface area (Å²) in [6, 6.07) is 18.0. The van der Waals surface area contributed by atoms with Crippen LogP contribution in [0.3, 0.4) is 0 Å². The molecule has 0 aliphatic rings. The standard InChI is InChI=1S/C22H27N3O2/c1-15(2)20(22-24-21(25-27-22)18-8-6-5-7-9-18)23-14-17-10-12-19(13-11-17)26-16(3)4/h5-13,15-16,20,23H,14H2,1-4H3/t20-/m1/s1. The normalized spacial score (nSPS) is 12.5. The van der Waals surface area contributed by atoms with E-state index in [2.05, 4.69) is 41.4 Å². The van der Waals surface area contributed by atoms with E-state index < -0.39 is 0 Å². The first-order valence-corrected chi connectivity index (χ1v) is 9.41. The molecule has 2 aromatic carbocycles. The molecule has 0 aliphatic carbocycles. The lowest BCUT2D eigenvalue weighted by atomic mass is 10.0. The molecule has 0 amide bonds. The Morgan fingerprint density at radius 3 is 2.30 bits per heavy atom. The first kappa shape index (κ1) is 19.1. The van der Waals surface area contributed by atoms with Gasteiger partial charge in [0.1, 0.15) is 5.75 Å². The van der Waals surface area contributed by atoms with Gasteiger partial charge in [0.2, 0.25) is 11.7 Å². The smallest absolute Gasteiger partial charge is 0.244 e. The molecule has 3 rings (SSSR count). The molecule has 0 aliphatic heterocycles. The largest absolute Gasteiger partial charge is 0.491 e.